The largest absolute Gasteiger partial charge is 0.521 e. The summed E-state index contributed by atoms with van der Waals surface area (Å²) in [6.07, 6.45) is 3.08. The highest BCUT2D eigenvalue weighted by atomic mass is 32.2. The van der Waals surface area contributed by atoms with Crippen LogP contribution in [0.2, 0.25) is 0 Å². The third kappa shape index (κ3) is 4.27. The molecule has 0 aliphatic carbocycles. The quantitative estimate of drug-likeness (QED) is 0.547. The summed E-state index contributed by atoms with van der Waals surface area (Å²) in [5.74, 6) is 0. The zero-order valence-electron chi connectivity index (χ0n) is 12.0. The molecule has 19 heavy (non-hydrogen) atoms. The van der Waals surface area contributed by atoms with E-state index in [1.165, 1.54) is 0 Å². The molecule has 1 N–H and O–H groups in total. The lowest BCUT2D eigenvalue weighted by molar-refractivity contribution is 0.0719. The fourth-order valence-corrected chi connectivity index (χ4v) is 7.34. The van der Waals surface area contributed by atoms with Crippen LogP contribution < -0.4 is 5.32 Å². The van der Waals surface area contributed by atoms with Gasteiger partial charge in [-0.1, -0.05) is 37.0 Å². The summed E-state index contributed by atoms with van der Waals surface area (Å²) in [7, 11) is -2.76. The second kappa shape index (κ2) is 8.38. The van der Waals surface area contributed by atoms with E-state index in [-0.39, 0.29) is 4.87 Å². The van der Waals surface area contributed by atoms with Crippen LogP contribution in [0.4, 0.5) is 0 Å². The molecule has 1 aliphatic rings. The van der Waals surface area contributed by atoms with E-state index in [0.717, 1.165) is 16.4 Å². The molecule has 0 aromatic rings. The van der Waals surface area contributed by atoms with Gasteiger partial charge >= 0.3 is 8.80 Å². The topological polar surface area (TPSA) is 39.7 Å². The average molecular weight is 322 g/mol. The predicted octanol–water partition coefficient (Wildman–Crippen LogP) is 2.86. The molecule has 110 valence electrons. The molecule has 0 amide bonds. The molecule has 0 aromatic heterocycles. The first kappa shape index (κ1) is 17.1. The van der Waals surface area contributed by atoms with Crippen LogP contribution in [-0.4, -0.2) is 37.8 Å². The van der Waals surface area contributed by atoms with Crippen LogP contribution in [-0.2, 0) is 13.3 Å². The summed E-state index contributed by atoms with van der Waals surface area (Å²) in [5.41, 5.74) is 1.07. The first-order valence-electron chi connectivity index (χ1n) is 6.73. The SMILES string of the molecule is CCC=C1NC(=S)SC1[Si](OCC)(OCC)OCC. The Balaban J connectivity index is 3.06. The lowest BCUT2D eigenvalue weighted by Gasteiger charge is -2.32. The second-order valence-electron chi connectivity index (χ2n) is 3.88. The lowest BCUT2D eigenvalue weighted by atomic mass is 10.4. The zero-order valence-corrected chi connectivity index (χ0v) is 14.7. The van der Waals surface area contributed by atoms with Crippen molar-refractivity contribution in [3.05, 3.63) is 11.8 Å². The highest BCUT2D eigenvalue weighted by Crippen LogP contribution is 2.36. The van der Waals surface area contributed by atoms with E-state index >= 15 is 0 Å². The van der Waals surface area contributed by atoms with Crippen LogP contribution >= 0.6 is 24.0 Å². The van der Waals surface area contributed by atoms with Crippen LogP contribution in [0.5, 0.6) is 0 Å². The third-order valence-electron chi connectivity index (χ3n) is 2.54. The van der Waals surface area contributed by atoms with E-state index in [1.54, 1.807) is 11.8 Å². The Bertz CT molecular complexity index is 322. The van der Waals surface area contributed by atoms with E-state index < -0.39 is 8.80 Å². The molecule has 4 nitrogen and oxygen atoms in total. The van der Waals surface area contributed by atoms with Crippen molar-refractivity contribution in [3.8, 4) is 0 Å². The predicted molar refractivity (Wildman–Crippen MR) is 86.1 cm³/mol. The molecule has 1 fully saturated rings. The lowest BCUT2D eigenvalue weighted by Crippen LogP contribution is -2.55. The highest BCUT2D eigenvalue weighted by Gasteiger charge is 2.54. The van der Waals surface area contributed by atoms with Gasteiger partial charge in [-0.15, -0.1) is 0 Å². The molecule has 7 heteroatoms. The van der Waals surface area contributed by atoms with Crippen molar-refractivity contribution >= 4 is 37.1 Å². The molecule has 1 saturated heterocycles. The summed E-state index contributed by atoms with van der Waals surface area (Å²) in [5, 5.41) is 3.24. The Labute approximate surface area is 126 Å². The summed E-state index contributed by atoms with van der Waals surface area (Å²) in [4.78, 5) is 0.0276. The van der Waals surface area contributed by atoms with Crippen molar-refractivity contribution in [1.82, 2.24) is 5.32 Å². The highest BCUT2D eigenvalue weighted by molar-refractivity contribution is 8.24. The number of thioether (sulfide) groups is 1. The molecule has 1 rings (SSSR count). The van der Waals surface area contributed by atoms with Crippen LogP contribution in [0.3, 0.4) is 0 Å². The maximum absolute atomic E-state index is 5.95. The van der Waals surface area contributed by atoms with Gasteiger partial charge in [-0.2, -0.15) is 0 Å². The Morgan fingerprint density at radius 3 is 2.11 bits per heavy atom. The molecule has 0 spiro atoms. The minimum atomic E-state index is -2.76. The maximum Gasteiger partial charge on any atom is 0.521 e. The smallest absolute Gasteiger partial charge is 0.373 e. The molecule has 0 aromatic carbocycles. The Kier molecular flexibility index (Phi) is 7.56. The van der Waals surface area contributed by atoms with Crippen LogP contribution in [0.1, 0.15) is 34.1 Å². The monoisotopic (exact) mass is 321 g/mol. The van der Waals surface area contributed by atoms with Crippen molar-refractivity contribution < 1.29 is 13.3 Å². The fourth-order valence-electron chi connectivity index (χ4n) is 1.98. The average Bonchev–Trinajstić information content (AvgIpc) is 2.72. The number of hydrogen-bond donors (Lipinski definition) is 1. The van der Waals surface area contributed by atoms with Gasteiger partial charge < -0.3 is 18.6 Å². The van der Waals surface area contributed by atoms with Crippen LogP contribution in [0, 0.1) is 0 Å². The van der Waals surface area contributed by atoms with Crippen molar-refractivity contribution in [2.24, 2.45) is 0 Å². The molecular weight excluding hydrogens is 298 g/mol. The Hall–Kier alpha value is 0.0769. The Morgan fingerprint density at radius 2 is 1.68 bits per heavy atom. The third-order valence-corrected chi connectivity index (χ3v) is 7.98. The summed E-state index contributed by atoms with van der Waals surface area (Å²) >= 11 is 6.85. The number of hydrogen-bond acceptors (Lipinski definition) is 5. The van der Waals surface area contributed by atoms with Gasteiger partial charge in [0.25, 0.3) is 0 Å². The fraction of sp³-hybridized carbons (Fsp3) is 0.750. The van der Waals surface area contributed by atoms with Crippen molar-refractivity contribution in [3.63, 3.8) is 0 Å². The summed E-state index contributed by atoms with van der Waals surface area (Å²) in [6, 6.07) is 0. The number of allylic oxidation sites excluding steroid dienone is 1. The molecule has 0 radical (unpaired) electrons. The molecule has 0 bridgehead atoms. The summed E-state index contributed by atoms with van der Waals surface area (Å²) in [6.45, 7) is 9.74. The number of thiocarbonyl (C=S) groups is 1. The van der Waals surface area contributed by atoms with E-state index in [2.05, 4.69) is 18.3 Å². The molecule has 1 atom stereocenters. The van der Waals surface area contributed by atoms with Gasteiger partial charge in [0.15, 0.2) is 0 Å². The van der Waals surface area contributed by atoms with Crippen molar-refractivity contribution in [1.29, 1.82) is 0 Å². The minimum Gasteiger partial charge on any atom is -0.373 e. The molecular formula is C12H23NO3S2Si. The number of nitrogens with one attached hydrogen (secondary N) is 1. The standard InChI is InChI=1S/C12H23NO3S2Si/c1-5-9-10-11(18-12(17)13-10)19(14-6-2,15-7-3)16-8-4/h9,11H,5-8H2,1-4H3,(H,13,17). The molecule has 1 unspecified atom stereocenters. The van der Waals surface area contributed by atoms with Gasteiger partial charge in [0.2, 0.25) is 0 Å². The van der Waals surface area contributed by atoms with Gasteiger partial charge in [-0.25, -0.2) is 0 Å². The van der Waals surface area contributed by atoms with Crippen LogP contribution in [0.15, 0.2) is 11.8 Å². The van der Waals surface area contributed by atoms with E-state index in [1.807, 2.05) is 20.8 Å². The van der Waals surface area contributed by atoms with E-state index in [0.29, 0.717) is 19.8 Å². The normalized spacial score (nSPS) is 22.0. The van der Waals surface area contributed by atoms with Gasteiger partial charge in [-0.05, 0) is 27.2 Å². The second-order valence-corrected chi connectivity index (χ2v) is 8.73. The van der Waals surface area contributed by atoms with Gasteiger partial charge in [-0.3, -0.25) is 0 Å². The molecule has 1 aliphatic heterocycles. The van der Waals surface area contributed by atoms with Crippen molar-refractivity contribution in [2.75, 3.05) is 19.8 Å². The molecule has 0 saturated carbocycles. The summed E-state index contributed by atoms with van der Waals surface area (Å²) < 4.78 is 18.6. The van der Waals surface area contributed by atoms with Gasteiger partial charge in [0.05, 0.1) is 0 Å². The maximum atomic E-state index is 5.95. The van der Waals surface area contributed by atoms with E-state index in [9.17, 15) is 0 Å². The Morgan fingerprint density at radius 1 is 1.16 bits per heavy atom. The van der Waals surface area contributed by atoms with Crippen LogP contribution in [0.25, 0.3) is 0 Å². The minimum absolute atomic E-state index is 0.0276. The van der Waals surface area contributed by atoms with Gasteiger partial charge in [0, 0.05) is 25.5 Å². The molecule has 1 heterocycles. The zero-order chi connectivity index (χ0) is 14.3. The van der Waals surface area contributed by atoms with Gasteiger partial charge in [0.1, 0.15) is 9.19 Å². The first-order valence-corrected chi connectivity index (χ1v) is 9.82. The number of rotatable bonds is 8. The van der Waals surface area contributed by atoms with E-state index in [4.69, 9.17) is 25.5 Å². The van der Waals surface area contributed by atoms with Crippen molar-refractivity contribution in [2.45, 2.75) is 39.0 Å². The first-order chi connectivity index (χ1) is 9.13.